The number of aromatic nitrogens is 1. The molecule has 104 valence electrons. The number of primary amides is 1. The fourth-order valence-corrected chi connectivity index (χ4v) is 2.44. The molecule has 0 saturated carbocycles. The SMILES string of the molecule is Cc1cc(N2CCOC(CN)C2)c(C(N)=O)c(C)n1. The van der Waals surface area contributed by atoms with Crippen LogP contribution in [0.3, 0.4) is 0 Å². The van der Waals surface area contributed by atoms with Crippen LogP contribution in [0.2, 0.25) is 0 Å². The summed E-state index contributed by atoms with van der Waals surface area (Å²) in [4.78, 5) is 18.1. The Hall–Kier alpha value is -1.66. The smallest absolute Gasteiger partial charge is 0.252 e. The third-order valence-corrected chi connectivity index (χ3v) is 3.30. The van der Waals surface area contributed by atoms with E-state index in [9.17, 15) is 4.79 Å². The Morgan fingerprint density at radius 1 is 1.58 bits per heavy atom. The summed E-state index contributed by atoms with van der Waals surface area (Å²) in [7, 11) is 0. The zero-order valence-corrected chi connectivity index (χ0v) is 11.3. The summed E-state index contributed by atoms with van der Waals surface area (Å²) >= 11 is 0. The van der Waals surface area contributed by atoms with Crippen LogP contribution < -0.4 is 16.4 Å². The van der Waals surface area contributed by atoms with E-state index in [4.69, 9.17) is 16.2 Å². The summed E-state index contributed by atoms with van der Waals surface area (Å²) in [6.07, 6.45) is -0.0109. The van der Waals surface area contributed by atoms with Gasteiger partial charge in [0.05, 0.1) is 29.7 Å². The molecule has 1 atom stereocenters. The molecule has 4 N–H and O–H groups in total. The highest BCUT2D eigenvalue weighted by Gasteiger charge is 2.24. The van der Waals surface area contributed by atoms with Gasteiger partial charge >= 0.3 is 0 Å². The van der Waals surface area contributed by atoms with E-state index in [1.54, 1.807) is 6.92 Å². The number of amides is 1. The third-order valence-electron chi connectivity index (χ3n) is 3.30. The Bertz CT molecular complexity index is 490. The van der Waals surface area contributed by atoms with Crippen LogP contribution in [-0.2, 0) is 4.74 Å². The van der Waals surface area contributed by atoms with Crippen molar-refractivity contribution in [1.29, 1.82) is 0 Å². The Labute approximate surface area is 112 Å². The van der Waals surface area contributed by atoms with E-state index in [2.05, 4.69) is 9.88 Å². The second-order valence-electron chi connectivity index (χ2n) is 4.78. The predicted octanol–water partition coefficient (Wildman–Crippen LogP) is -0.0388. The van der Waals surface area contributed by atoms with E-state index in [0.29, 0.717) is 31.0 Å². The van der Waals surface area contributed by atoms with Gasteiger partial charge in [-0.05, 0) is 19.9 Å². The van der Waals surface area contributed by atoms with E-state index in [1.165, 1.54) is 0 Å². The van der Waals surface area contributed by atoms with Crippen LogP contribution in [0.4, 0.5) is 5.69 Å². The largest absolute Gasteiger partial charge is 0.373 e. The number of ether oxygens (including phenoxy) is 1. The highest BCUT2D eigenvalue weighted by Crippen LogP contribution is 2.25. The first-order valence-electron chi connectivity index (χ1n) is 6.37. The van der Waals surface area contributed by atoms with Gasteiger partial charge in [-0.2, -0.15) is 0 Å². The molecule has 0 radical (unpaired) electrons. The minimum Gasteiger partial charge on any atom is -0.373 e. The Morgan fingerprint density at radius 3 is 2.95 bits per heavy atom. The fraction of sp³-hybridized carbons (Fsp3) is 0.538. The van der Waals surface area contributed by atoms with Gasteiger partial charge in [-0.1, -0.05) is 0 Å². The number of carbonyl (C=O) groups is 1. The molecule has 1 aliphatic rings. The van der Waals surface area contributed by atoms with Crippen molar-refractivity contribution < 1.29 is 9.53 Å². The maximum Gasteiger partial charge on any atom is 0.252 e. The minimum absolute atomic E-state index is 0.0109. The molecule has 6 nitrogen and oxygen atoms in total. The van der Waals surface area contributed by atoms with Crippen molar-refractivity contribution in [3.63, 3.8) is 0 Å². The van der Waals surface area contributed by atoms with E-state index >= 15 is 0 Å². The number of hydrogen-bond donors (Lipinski definition) is 2. The highest BCUT2D eigenvalue weighted by atomic mass is 16.5. The number of morpholine rings is 1. The average Bonchev–Trinajstić information content (AvgIpc) is 2.37. The normalized spacial score (nSPS) is 19.5. The van der Waals surface area contributed by atoms with Crippen molar-refractivity contribution in [2.45, 2.75) is 20.0 Å². The number of nitrogens with zero attached hydrogens (tertiary/aromatic N) is 2. The van der Waals surface area contributed by atoms with Crippen LogP contribution in [0.25, 0.3) is 0 Å². The van der Waals surface area contributed by atoms with Crippen LogP contribution in [0, 0.1) is 13.8 Å². The Balaban J connectivity index is 2.40. The molecule has 2 heterocycles. The number of nitrogens with two attached hydrogens (primary N) is 2. The van der Waals surface area contributed by atoms with E-state index in [-0.39, 0.29) is 6.10 Å². The van der Waals surface area contributed by atoms with Crippen LogP contribution in [0.15, 0.2) is 6.07 Å². The molecule has 0 bridgehead atoms. The molecule has 0 aromatic carbocycles. The van der Waals surface area contributed by atoms with Crippen LogP contribution in [0.5, 0.6) is 0 Å². The van der Waals surface area contributed by atoms with E-state index in [0.717, 1.165) is 17.9 Å². The van der Waals surface area contributed by atoms with Gasteiger partial charge in [0.15, 0.2) is 0 Å². The lowest BCUT2D eigenvalue weighted by Crippen LogP contribution is -2.46. The molecule has 1 saturated heterocycles. The van der Waals surface area contributed by atoms with Crippen molar-refractivity contribution in [3.05, 3.63) is 23.0 Å². The molecule has 2 rings (SSSR count). The zero-order chi connectivity index (χ0) is 14.0. The average molecular weight is 264 g/mol. The van der Waals surface area contributed by atoms with Crippen molar-refractivity contribution in [2.75, 3.05) is 31.1 Å². The molecule has 1 aromatic rings. The summed E-state index contributed by atoms with van der Waals surface area (Å²) in [6, 6.07) is 1.89. The first-order chi connectivity index (χ1) is 9.02. The molecule has 1 unspecified atom stereocenters. The van der Waals surface area contributed by atoms with Crippen molar-refractivity contribution in [2.24, 2.45) is 11.5 Å². The van der Waals surface area contributed by atoms with Gasteiger partial charge in [0.2, 0.25) is 0 Å². The quantitative estimate of drug-likeness (QED) is 0.799. The number of aryl methyl sites for hydroxylation is 2. The lowest BCUT2D eigenvalue weighted by molar-refractivity contribution is 0.0464. The second-order valence-corrected chi connectivity index (χ2v) is 4.78. The van der Waals surface area contributed by atoms with Crippen molar-refractivity contribution >= 4 is 11.6 Å². The van der Waals surface area contributed by atoms with E-state index < -0.39 is 5.91 Å². The van der Waals surface area contributed by atoms with Crippen LogP contribution >= 0.6 is 0 Å². The molecular formula is C13H20N4O2. The van der Waals surface area contributed by atoms with Crippen LogP contribution in [0.1, 0.15) is 21.7 Å². The minimum atomic E-state index is -0.448. The molecule has 1 amide bonds. The first-order valence-corrected chi connectivity index (χ1v) is 6.37. The number of hydrogen-bond acceptors (Lipinski definition) is 5. The number of pyridine rings is 1. The maximum atomic E-state index is 11.6. The number of anilines is 1. The molecule has 6 heteroatoms. The van der Waals surface area contributed by atoms with Crippen molar-refractivity contribution in [1.82, 2.24) is 4.98 Å². The standard InChI is InChI=1S/C13H20N4O2/c1-8-5-11(12(13(15)18)9(2)16-8)17-3-4-19-10(6-14)7-17/h5,10H,3-4,6-7,14H2,1-2H3,(H2,15,18). The molecule has 0 spiro atoms. The summed E-state index contributed by atoms with van der Waals surface area (Å²) in [5.41, 5.74) is 14.0. The monoisotopic (exact) mass is 264 g/mol. The van der Waals surface area contributed by atoms with Gasteiger partial charge in [-0.3, -0.25) is 9.78 Å². The molecule has 19 heavy (non-hydrogen) atoms. The van der Waals surface area contributed by atoms with Gasteiger partial charge in [0, 0.05) is 25.3 Å². The van der Waals surface area contributed by atoms with Gasteiger partial charge in [-0.25, -0.2) is 0 Å². The molecule has 1 fully saturated rings. The van der Waals surface area contributed by atoms with E-state index in [1.807, 2.05) is 13.0 Å². The lowest BCUT2D eigenvalue weighted by Gasteiger charge is -2.35. The summed E-state index contributed by atoms with van der Waals surface area (Å²) in [5.74, 6) is -0.448. The Morgan fingerprint density at radius 2 is 2.32 bits per heavy atom. The van der Waals surface area contributed by atoms with Crippen molar-refractivity contribution in [3.8, 4) is 0 Å². The molecule has 1 aliphatic heterocycles. The molecular weight excluding hydrogens is 244 g/mol. The lowest BCUT2D eigenvalue weighted by atomic mass is 10.1. The van der Waals surface area contributed by atoms with Gasteiger partial charge in [0.1, 0.15) is 0 Å². The molecule has 1 aromatic heterocycles. The summed E-state index contributed by atoms with van der Waals surface area (Å²) < 4.78 is 5.54. The van der Waals surface area contributed by atoms with Gasteiger partial charge in [0.25, 0.3) is 5.91 Å². The zero-order valence-electron chi connectivity index (χ0n) is 11.3. The topological polar surface area (TPSA) is 94.5 Å². The first kappa shape index (κ1) is 13.8. The van der Waals surface area contributed by atoms with Gasteiger partial charge < -0.3 is 21.1 Å². The fourth-order valence-electron chi connectivity index (χ4n) is 2.44. The predicted molar refractivity (Wildman–Crippen MR) is 73.2 cm³/mol. The highest BCUT2D eigenvalue weighted by molar-refractivity contribution is 5.99. The van der Waals surface area contributed by atoms with Crippen LogP contribution in [-0.4, -0.2) is 43.2 Å². The number of carbonyl (C=O) groups excluding carboxylic acids is 1. The molecule has 0 aliphatic carbocycles. The summed E-state index contributed by atoms with van der Waals surface area (Å²) in [5, 5.41) is 0. The number of rotatable bonds is 3. The summed E-state index contributed by atoms with van der Waals surface area (Å²) in [6.45, 7) is 6.16. The second kappa shape index (κ2) is 5.54. The Kier molecular flexibility index (Phi) is 4.01. The maximum absolute atomic E-state index is 11.6. The van der Waals surface area contributed by atoms with Gasteiger partial charge in [-0.15, -0.1) is 0 Å². The third kappa shape index (κ3) is 2.85.